The van der Waals surface area contributed by atoms with Crippen LogP contribution in [-0.2, 0) is 6.42 Å². The van der Waals surface area contributed by atoms with E-state index in [0.717, 1.165) is 38.3 Å². The van der Waals surface area contributed by atoms with Crippen molar-refractivity contribution in [2.45, 2.75) is 19.8 Å². The summed E-state index contributed by atoms with van der Waals surface area (Å²) < 4.78 is 4.83. The van der Waals surface area contributed by atoms with Gasteiger partial charge in [0.25, 0.3) is 0 Å². The Bertz CT molecular complexity index is 236. The minimum absolute atomic E-state index is 0.622. The molecule has 0 radical (unpaired) electrons. The lowest BCUT2D eigenvalue weighted by atomic mass is 10.4. The maximum absolute atomic E-state index is 5.35. The molecule has 0 bridgehead atoms. The van der Waals surface area contributed by atoms with Gasteiger partial charge in [-0.05, 0) is 19.5 Å². The summed E-state index contributed by atoms with van der Waals surface area (Å²) in [5.41, 5.74) is 5.35. The summed E-state index contributed by atoms with van der Waals surface area (Å²) in [5.74, 6) is 1.38. The maximum Gasteiger partial charge on any atom is 0.223 e. The Balaban J connectivity index is 2.06. The molecule has 0 atom stereocenters. The van der Waals surface area contributed by atoms with E-state index >= 15 is 0 Å². The zero-order valence-corrected chi connectivity index (χ0v) is 7.92. The number of rotatable bonds is 6. The Morgan fingerprint density at radius 1 is 1.46 bits per heavy atom. The van der Waals surface area contributed by atoms with Crippen LogP contribution in [0.5, 0.6) is 0 Å². The standard InChI is InChI=1S/C8H16N4O/c1-7-11-8(12-13-7)3-6-10-5-2-4-9/h10H,2-6,9H2,1H3. The molecule has 0 aliphatic carbocycles. The topological polar surface area (TPSA) is 77.0 Å². The van der Waals surface area contributed by atoms with E-state index in [1.165, 1.54) is 0 Å². The predicted octanol–water partition coefficient (Wildman–Crippen LogP) is -0.141. The van der Waals surface area contributed by atoms with Gasteiger partial charge in [0.05, 0.1) is 0 Å². The second kappa shape index (κ2) is 5.66. The third-order valence-corrected chi connectivity index (χ3v) is 1.65. The molecule has 0 unspecified atom stereocenters. The van der Waals surface area contributed by atoms with Gasteiger partial charge >= 0.3 is 0 Å². The van der Waals surface area contributed by atoms with Crippen molar-refractivity contribution in [3.8, 4) is 0 Å². The smallest absolute Gasteiger partial charge is 0.223 e. The van der Waals surface area contributed by atoms with E-state index in [1.54, 1.807) is 6.92 Å². The lowest BCUT2D eigenvalue weighted by molar-refractivity contribution is 0.387. The van der Waals surface area contributed by atoms with E-state index < -0.39 is 0 Å². The number of aryl methyl sites for hydroxylation is 1. The lowest BCUT2D eigenvalue weighted by Crippen LogP contribution is -2.21. The molecule has 1 heterocycles. The van der Waals surface area contributed by atoms with Gasteiger partial charge in [-0.1, -0.05) is 5.16 Å². The highest BCUT2D eigenvalue weighted by molar-refractivity contribution is 4.84. The van der Waals surface area contributed by atoms with Gasteiger partial charge in [-0.25, -0.2) is 0 Å². The van der Waals surface area contributed by atoms with Crippen LogP contribution in [0.2, 0.25) is 0 Å². The third kappa shape index (κ3) is 4.00. The molecule has 5 heteroatoms. The van der Waals surface area contributed by atoms with Crippen LogP contribution in [-0.4, -0.2) is 29.8 Å². The normalized spacial score (nSPS) is 10.6. The Hall–Kier alpha value is -0.940. The summed E-state index contributed by atoms with van der Waals surface area (Å²) in [6.07, 6.45) is 1.81. The average Bonchev–Trinajstić information content (AvgIpc) is 2.51. The molecule has 3 N–H and O–H groups in total. The van der Waals surface area contributed by atoms with Crippen LogP contribution >= 0.6 is 0 Å². The van der Waals surface area contributed by atoms with E-state index in [1.807, 2.05) is 0 Å². The van der Waals surface area contributed by atoms with E-state index in [4.69, 9.17) is 10.3 Å². The van der Waals surface area contributed by atoms with Gasteiger partial charge < -0.3 is 15.6 Å². The summed E-state index contributed by atoms with van der Waals surface area (Å²) in [5, 5.41) is 7.03. The summed E-state index contributed by atoms with van der Waals surface area (Å²) in [6.45, 7) is 4.35. The second-order valence-electron chi connectivity index (χ2n) is 2.87. The number of nitrogens with zero attached hydrogens (tertiary/aromatic N) is 2. The number of hydrogen-bond acceptors (Lipinski definition) is 5. The Morgan fingerprint density at radius 2 is 2.31 bits per heavy atom. The van der Waals surface area contributed by atoms with E-state index in [2.05, 4.69) is 15.5 Å². The summed E-state index contributed by atoms with van der Waals surface area (Å²) in [7, 11) is 0. The van der Waals surface area contributed by atoms with Crippen molar-refractivity contribution in [2.24, 2.45) is 5.73 Å². The Labute approximate surface area is 77.7 Å². The summed E-state index contributed by atoms with van der Waals surface area (Å²) in [4.78, 5) is 4.09. The highest BCUT2D eigenvalue weighted by Crippen LogP contribution is 1.94. The van der Waals surface area contributed by atoms with Crippen LogP contribution in [0.1, 0.15) is 18.1 Å². The molecule has 0 amide bonds. The third-order valence-electron chi connectivity index (χ3n) is 1.65. The largest absolute Gasteiger partial charge is 0.340 e. The first kappa shape index (κ1) is 10.1. The van der Waals surface area contributed by atoms with Gasteiger partial charge in [0, 0.05) is 19.9 Å². The minimum Gasteiger partial charge on any atom is -0.340 e. The molecule has 0 saturated heterocycles. The minimum atomic E-state index is 0.622. The second-order valence-corrected chi connectivity index (χ2v) is 2.87. The van der Waals surface area contributed by atoms with Crippen molar-refractivity contribution < 1.29 is 4.52 Å². The van der Waals surface area contributed by atoms with Gasteiger partial charge in [0.1, 0.15) is 0 Å². The maximum atomic E-state index is 5.35. The number of nitrogens with two attached hydrogens (primary N) is 1. The Kier molecular flexibility index (Phi) is 4.42. The van der Waals surface area contributed by atoms with Crippen molar-refractivity contribution in [1.82, 2.24) is 15.5 Å². The van der Waals surface area contributed by atoms with Crippen LogP contribution < -0.4 is 11.1 Å². The van der Waals surface area contributed by atoms with Crippen molar-refractivity contribution >= 4 is 0 Å². The van der Waals surface area contributed by atoms with Crippen molar-refractivity contribution in [1.29, 1.82) is 0 Å². The monoisotopic (exact) mass is 184 g/mol. The van der Waals surface area contributed by atoms with E-state index in [9.17, 15) is 0 Å². The predicted molar refractivity (Wildman–Crippen MR) is 49.3 cm³/mol. The first-order valence-electron chi connectivity index (χ1n) is 4.53. The van der Waals surface area contributed by atoms with Crippen LogP contribution in [0.4, 0.5) is 0 Å². The van der Waals surface area contributed by atoms with Crippen LogP contribution in [0.15, 0.2) is 4.52 Å². The van der Waals surface area contributed by atoms with E-state index in [0.29, 0.717) is 5.89 Å². The molecule has 5 nitrogen and oxygen atoms in total. The highest BCUT2D eigenvalue weighted by atomic mass is 16.5. The SMILES string of the molecule is Cc1nc(CCNCCCN)no1. The molecule has 0 fully saturated rings. The molecule has 13 heavy (non-hydrogen) atoms. The molecule has 1 aromatic heterocycles. The zero-order chi connectivity index (χ0) is 9.52. The summed E-state index contributed by atoms with van der Waals surface area (Å²) in [6, 6.07) is 0. The zero-order valence-electron chi connectivity index (χ0n) is 7.92. The number of aromatic nitrogens is 2. The fraction of sp³-hybridized carbons (Fsp3) is 0.750. The molecule has 0 aliphatic heterocycles. The quantitative estimate of drug-likeness (QED) is 0.602. The van der Waals surface area contributed by atoms with Gasteiger partial charge in [-0.3, -0.25) is 0 Å². The molecule has 1 aromatic rings. The van der Waals surface area contributed by atoms with E-state index in [-0.39, 0.29) is 0 Å². The molecule has 0 saturated carbocycles. The van der Waals surface area contributed by atoms with Crippen molar-refractivity contribution in [2.75, 3.05) is 19.6 Å². The number of hydrogen-bond donors (Lipinski definition) is 2. The van der Waals surface area contributed by atoms with Crippen LogP contribution in [0, 0.1) is 6.92 Å². The Morgan fingerprint density at radius 3 is 2.92 bits per heavy atom. The van der Waals surface area contributed by atoms with Crippen LogP contribution in [0.3, 0.4) is 0 Å². The molecule has 74 valence electrons. The number of nitrogens with one attached hydrogen (secondary N) is 1. The summed E-state index contributed by atoms with van der Waals surface area (Å²) >= 11 is 0. The fourth-order valence-corrected chi connectivity index (χ4v) is 0.995. The van der Waals surface area contributed by atoms with Gasteiger partial charge in [-0.2, -0.15) is 4.98 Å². The van der Waals surface area contributed by atoms with Crippen LogP contribution in [0.25, 0.3) is 0 Å². The molecular formula is C8H16N4O. The van der Waals surface area contributed by atoms with Gasteiger partial charge in [0.2, 0.25) is 5.89 Å². The average molecular weight is 184 g/mol. The molecule has 1 rings (SSSR count). The molecule has 0 aliphatic rings. The molecule has 0 aromatic carbocycles. The highest BCUT2D eigenvalue weighted by Gasteiger charge is 2.00. The lowest BCUT2D eigenvalue weighted by Gasteiger charge is -1.99. The first-order valence-corrected chi connectivity index (χ1v) is 4.53. The fourth-order valence-electron chi connectivity index (χ4n) is 0.995. The first-order chi connectivity index (χ1) is 6.33. The van der Waals surface area contributed by atoms with Crippen molar-refractivity contribution in [3.63, 3.8) is 0 Å². The molecule has 0 spiro atoms. The van der Waals surface area contributed by atoms with Gasteiger partial charge in [0.15, 0.2) is 5.82 Å². The molecular weight excluding hydrogens is 168 g/mol. The van der Waals surface area contributed by atoms with Gasteiger partial charge in [-0.15, -0.1) is 0 Å². The van der Waals surface area contributed by atoms with Crippen molar-refractivity contribution in [3.05, 3.63) is 11.7 Å².